The Hall–Kier alpha value is -1.15. The van der Waals surface area contributed by atoms with Gasteiger partial charge in [0.15, 0.2) is 0 Å². The van der Waals surface area contributed by atoms with E-state index < -0.39 is 10.0 Å². The van der Waals surface area contributed by atoms with Gasteiger partial charge in [-0.25, -0.2) is 8.42 Å². The van der Waals surface area contributed by atoms with Gasteiger partial charge in [-0.05, 0) is 69.9 Å². The van der Waals surface area contributed by atoms with Crippen LogP contribution in [0.4, 0.5) is 0 Å². The molecule has 1 aromatic rings. The average molecular weight is 428 g/mol. The molecule has 2 aliphatic heterocycles. The summed E-state index contributed by atoms with van der Waals surface area (Å²) in [6.07, 6.45) is 7.22. The van der Waals surface area contributed by atoms with Gasteiger partial charge < -0.3 is 10.2 Å². The number of amides is 1. The van der Waals surface area contributed by atoms with E-state index in [1.165, 1.54) is 35.3 Å². The molecule has 2 saturated heterocycles. The molecule has 28 heavy (non-hydrogen) atoms. The lowest BCUT2D eigenvalue weighted by Gasteiger charge is -2.20. The fourth-order valence-corrected chi connectivity index (χ4v) is 5.62. The largest absolute Gasteiger partial charge is 0.352 e. The van der Waals surface area contributed by atoms with Crippen molar-refractivity contribution in [2.75, 3.05) is 39.3 Å². The second-order valence-corrected chi connectivity index (χ2v) is 9.96. The Kier molecular flexibility index (Phi) is 7.74. The number of rotatable bonds is 7. The summed E-state index contributed by atoms with van der Waals surface area (Å²) < 4.78 is 27.5. The molecule has 3 rings (SSSR count). The molecule has 156 valence electrons. The van der Waals surface area contributed by atoms with Crippen LogP contribution in [0.1, 0.15) is 55.3 Å². The standard InChI is InChI=1S/C20H30ClN3O3S/c21-19-9-8-17(28(26,27)24-14-3-1-2-4-15-24)16-18(19)20(25)22-10-7-13-23-11-5-6-12-23/h8-9,16H,1-7,10-15H2,(H,22,25). The highest BCUT2D eigenvalue weighted by Crippen LogP contribution is 2.25. The zero-order valence-corrected chi connectivity index (χ0v) is 17.9. The maximum atomic E-state index is 13.0. The zero-order chi connectivity index (χ0) is 20.0. The molecule has 0 radical (unpaired) electrons. The number of benzene rings is 1. The van der Waals surface area contributed by atoms with Crippen LogP contribution in [0.2, 0.25) is 5.02 Å². The summed E-state index contributed by atoms with van der Waals surface area (Å²) in [7, 11) is -3.61. The quantitative estimate of drug-likeness (QED) is 0.679. The first kappa shape index (κ1) is 21.6. The molecule has 0 atom stereocenters. The minimum Gasteiger partial charge on any atom is -0.352 e. The van der Waals surface area contributed by atoms with E-state index in [0.29, 0.717) is 19.6 Å². The number of nitrogens with one attached hydrogen (secondary N) is 1. The third-order valence-corrected chi connectivity index (χ3v) is 7.74. The highest BCUT2D eigenvalue weighted by atomic mass is 35.5. The zero-order valence-electron chi connectivity index (χ0n) is 16.3. The second-order valence-electron chi connectivity index (χ2n) is 7.62. The van der Waals surface area contributed by atoms with Crippen molar-refractivity contribution < 1.29 is 13.2 Å². The second kappa shape index (κ2) is 10.1. The number of hydrogen-bond acceptors (Lipinski definition) is 4. The molecule has 8 heteroatoms. The summed E-state index contributed by atoms with van der Waals surface area (Å²) >= 11 is 6.19. The van der Waals surface area contributed by atoms with Gasteiger partial charge in [-0.3, -0.25) is 4.79 Å². The highest BCUT2D eigenvalue weighted by molar-refractivity contribution is 7.89. The third-order valence-electron chi connectivity index (χ3n) is 5.52. The van der Waals surface area contributed by atoms with Crippen LogP contribution in [0.3, 0.4) is 0 Å². The van der Waals surface area contributed by atoms with Gasteiger partial charge in [-0.15, -0.1) is 0 Å². The summed E-state index contributed by atoms with van der Waals surface area (Å²) in [5, 5.41) is 3.14. The molecule has 2 aliphatic rings. The molecule has 6 nitrogen and oxygen atoms in total. The van der Waals surface area contributed by atoms with E-state index in [9.17, 15) is 13.2 Å². The summed E-state index contributed by atoms with van der Waals surface area (Å²) in [6, 6.07) is 4.41. The lowest BCUT2D eigenvalue weighted by Crippen LogP contribution is -2.32. The van der Waals surface area contributed by atoms with Crippen LogP contribution in [0, 0.1) is 0 Å². The SMILES string of the molecule is O=C(NCCCN1CCCC1)c1cc(S(=O)(=O)N2CCCCCC2)ccc1Cl. The number of hydrogen-bond donors (Lipinski definition) is 1. The Labute approximate surface area is 173 Å². The molecule has 1 aromatic carbocycles. The van der Waals surface area contributed by atoms with Gasteiger partial charge in [0.25, 0.3) is 5.91 Å². The molecule has 1 N–H and O–H groups in total. The number of halogens is 1. The van der Waals surface area contributed by atoms with Crippen LogP contribution in [0.15, 0.2) is 23.1 Å². The van der Waals surface area contributed by atoms with Crippen LogP contribution in [0.25, 0.3) is 0 Å². The van der Waals surface area contributed by atoms with Gasteiger partial charge in [-0.1, -0.05) is 24.4 Å². The molecule has 0 bridgehead atoms. The van der Waals surface area contributed by atoms with E-state index in [1.807, 2.05) is 0 Å². The monoisotopic (exact) mass is 427 g/mol. The summed E-state index contributed by atoms with van der Waals surface area (Å²) in [6.45, 7) is 4.85. The van der Waals surface area contributed by atoms with E-state index in [0.717, 1.165) is 51.7 Å². The van der Waals surface area contributed by atoms with Crippen molar-refractivity contribution in [3.8, 4) is 0 Å². The first-order valence-electron chi connectivity index (χ1n) is 10.3. The van der Waals surface area contributed by atoms with Crippen molar-refractivity contribution in [2.24, 2.45) is 0 Å². The molecule has 0 unspecified atom stereocenters. The van der Waals surface area contributed by atoms with Gasteiger partial charge in [0.05, 0.1) is 15.5 Å². The molecule has 0 spiro atoms. The minimum atomic E-state index is -3.61. The normalized spacial score (nSPS) is 19.5. The Morgan fingerprint density at radius 2 is 1.64 bits per heavy atom. The van der Waals surface area contributed by atoms with Crippen LogP contribution in [-0.2, 0) is 10.0 Å². The molecular weight excluding hydrogens is 398 g/mol. The molecule has 0 aliphatic carbocycles. The maximum Gasteiger partial charge on any atom is 0.252 e. The van der Waals surface area contributed by atoms with Crippen molar-refractivity contribution in [1.82, 2.24) is 14.5 Å². The Morgan fingerprint density at radius 3 is 2.32 bits per heavy atom. The summed E-state index contributed by atoms with van der Waals surface area (Å²) in [4.78, 5) is 15.1. The van der Waals surface area contributed by atoms with Crippen molar-refractivity contribution in [3.05, 3.63) is 28.8 Å². The minimum absolute atomic E-state index is 0.140. The van der Waals surface area contributed by atoms with Gasteiger partial charge in [0.1, 0.15) is 0 Å². The van der Waals surface area contributed by atoms with Crippen LogP contribution in [-0.4, -0.2) is 62.8 Å². The average Bonchev–Trinajstić information content (AvgIpc) is 3.04. The fourth-order valence-electron chi connectivity index (χ4n) is 3.88. The van der Waals surface area contributed by atoms with Gasteiger partial charge in [0.2, 0.25) is 10.0 Å². The van der Waals surface area contributed by atoms with Crippen LogP contribution < -0.4 is 5.32 Å². The van der Waals surface area contributed by atoms with E-state index in [4.69, 9.17) is 11.6 Å². The number of likely N-dealkylation sites (tertiary alicyclic amines) is 1. The van der Waals surface area contributed by atoms with Crippen LogP contribution >= 0.6 is 11.6 Å². The number of carbonyl (C=O) groups is 1. The van der Waals surface area contributed by atoms with Crippen LogP contribution in [0.5, 0.6) is 0 Å². The Morgan fingerprint density at radius 1 is 1.00 bits per heavy atom. The number of nitrogens with zero attached hydrogens (tertiary/aromatic N) is 2. The molecule has 2 fully saturated rings. The van der Waals surface area contributed by atoms with E-state index in [1.54, 1.807) is 0 Å². The van der Waals surface area contributed by atoms with Gasteiger partial charge in [-0.2, -0.15) is 4.31 Å². The third kappa shape index (κ3) is 5.47. The topological polar surface area (TPSA) is 69.7 Å². The number of sulfonamides is 1. The Bertz CT molecular complexity index is 771. The van der Waals surface area contributed by atoms with E-state index in [2.05, 4.69) is 10.2 Å². The molecule has 2 heterocycles. The Balaban J connectivity index is 1.63. The summed E-state index contributed by atoms with van der Waals surface area (Å²) in [5.41, 5.74) is 0.221. The first-order valence-corrected chi connectivity index (χ1v) is 12.1. The lowest BCUT2D eigenvalue weighted by atomic mass is 10.2. The highest BCUT2D eigenvalue weighted by Gasteiger charge is 2.26. The lowest BCUT2D eigenvalue weighted by molar-refractivity contribution is 0.0952. The molecule has 1 amide bonds. The van der Waals surface area contributed by atoms with Crippen molar-refractivity contribution in [2.45, 2.75) is 49.8 Å². The molecular formula is C20H30ClN3O3S. The molecule has 0 saturated carbocycles. The van der Waals surface area contributed by atoms with E-state index >= 15 is 0 Å². The first-order chi connectivity index (χ1) is 13.5. The van der Waals surface area contributed by atoms with Gasteiger partial charge in [0, 0.05) is 19.6 Å². The predicted molar refractivity (Wildman–Crippen MR) is 111 cm³/mol. The van der Waals surface area contributed by atoms with E-state index in [-0.39, 0.29) is 21.4 Å². The predicted octanol–water partition coefficient (Wildman–Crippen LogP) is 3.12. The fraction of sp³-hybridized carbons (Fsp3) is 0.650. The van der Waals surface area contributed by atoms with Crippen molar-refractivity contribution in [1.29, 1.82) is 0 Å². The summed E-state index contributed by atoms with van der Waals surface area (Å²) in [5.74, 6) is -0.320. The maximum absolute atomic E-state index is 13.0. The number of carbonyl (C=O) groups excluding carboxylic acids is 1. The smallest absolute Gasteiger partial charge is 0.252 e. The molecule has 0 aromatic heterocycles. The van der Waals surface area contributed by atoms with Gasteiger partial charge >= 0.3 is 0 Å². The van der Waals surface area contributed by atoms with Crippen molar-refractivity contribution >= 4 is 27.5 Å². The van der Waals surface area contributed by atoms with Crippen molar-refractivity contribution in [3.63, 3.8) is 0 Å².